The summed E-state index contributed by atoms with van der Waals surface area (Å²) in [5.41, 5.74) is 0. The second-order valence-electron chi connectivity index (χ2n) is 5.48. The number of likely N-dealkylation sites (tertiary alicyclic amines) is 1. The van der Waals surface area contributed by atoms with Crippen molar-refractivity contribution in [1.82, 2.24) is 10.2 Å². The molecule has 7 heteroatoms. The van der Waals surface area contributed by atoms with Crippen LogP contribution in [-0.2, 0) is 0 Å². The molecular formula is C15H18N2O3S2. The van der Waals surface area contributed by atoms with E-state index in [9.17, 15) is 9.59 Å². The van der Waals surface area contributed by atoms with Gasteiger partial charge in [0.1, 0.15) is 4.88 Å². The molecule has 2 N–H and O–H groups in total. The lowest BCUT2D eigenvalue weighted by atomic mass is 10.1. The summed E-state index contributed by atoms with van der Waals surface area (Å²) in [6, 6.07) is 3.63. The molecular weight excluding hydrogens is 320 g/mol. The van der Waals surface area contributed by atoms with Gasteiger partial charge >= 0.3 is 5.97 Å². The van der Waals surface area contributed by atoms with Crippen LogP contribution in [0, 0.1) is 0 Å². The highest BCUT2D eigenvalue weighted by Crippen LogP contribution is 2.33. The monoisotopic (exact) mass is 338 g/mol. The molecule has 3 heterocycles. The van der Waals surface area contributed by atoms with Gasteiger partial charge in [-0.25, -0.2) is 4.79 Å². The Bertz CT molecular complexity index is 675. The lowest BCUT2D eigenvalue weighted by Gasteiger charge is -2.32. The maximum Gasteiger partial charge on any atom is 0.345 e. The SMILES string of the molecule is CCN1CCC[C@@H](NC(=O)c2cc3cc(C(=O)O)sc3s2)C1. The first-order chi connectivity index (χ1) is 10.6. The first-order valence-electron chi connectivity index (χ1n) is 7.36. The van der Waals surface area contributed by atoms with Gasteiger partial charge in [-0.05, 0) is 38.1 Å². The van der Waals surface area contributed by atoms with Crippen LogP contribution in [0.25, 0.3) is 9.40 Å². The Morgan fingerprint density at radius 3 is 2.77 bits per heavy atom. The molecule has 5 nitrogen and oxygen atoms in total. The number of nitrogens with zero attached hydrogens (tertiary/aromatic N) is 1. The van der Waals surface area contributed by atoms with Gasteiger partial charge in [-0.2, -0.15) is 0 Å². The number of rotatable bonds is 4. The molecule has 0 radical (unpaired) electrons. The van der Waals surface area contributed by atoms with Crippen LogP contribution in [0.5, 0.6) is 0 Å². The summed E-state index contributed by atoms with van der Waals surface area (Å²) in [6.45, 7) is 5.16. The number of thiophene rings is 2. The maximum atomic E-state index is 12.4. The molecule has 2 aromatic heterocycles. The fourth-order valence-electron chi connectivity index (χ4n) is 2.77. The number of nitrogens with one attached hydrogen (secondary N) is 1. The zero-order chi connectivity index (χ0) is 15.7. The summed E-state index contributed by atoms with van der Waals surface area (Å²) < 4.78 is 0.890. The van der Waals surface area contributed by atoms with Crippen molar-refractivity contribution in [2.45, 2.75) is 25.8 Å². The fraction of sp³-hybridized carbons (Fsp3) is 0.467. The summed E-state index contributed by atoms with van der Waals surface area (Å²) in [7, 11) is 0. The third kappa shape index (κ3) is 3.16. The van der Waals surface area contributed by atoms with E-state index in [-0.39, 0.29) is 11.9 Å². The van der Waals surface area contributed by atoms with E-state index in [0.717, 1.165) is 41.9 Å². The van der Waals surface area contributed by atoms with Crippen molar-refractivity contribution in [2.24, 2.45) is 0 Å². The summed E-state index contributed by atoms with van der Waals surface area (Å²) in [6.07, 6.45) is 2.13. The average Bonchev–Trinajstić information content (AvgIpc) is 3.06. The van der Waals surface area contributed by atoms with Gasteiger partial charge in [0.05, 0.1) is 8.89 Å². The Labute approximate surface area is 136 Å². The third-order valence-corrected chi connectivity index (χ3v) is 6.31. The molecule has 0 bridgehead atoms. The average molecular weight is 338 g/mol. The Balaban J connectivity index is 1.69. The van der Waals surface area contributed by atoms with Crippen LogP contribution in [0.4, 0.5) is 0 Å². The van der Waals surface area contributed by atoms with E-state index in [1.54, 1.807) is 12.1 Å². The molecule has 22 heavy (non-hydrogen) atoms. The minimum absolute atomic E-state index is 0.0479. The number of fused-ring (bicyclic) bond motifs is 1. The second kappa shape index (κ2) is 6.36. The number of carbonyl (C=O) groups excluding carboxylic acids is 1. The van der Waals surface area contributed by atoms with E-state index in [0.29, 0.717) is 9.75 Å². The predicted octanol–water partition coefficient (Wildman–Crippen LogP) is 2.88. The van der Waals surface area contributed by atoms with Crippen LogP contribution in [0.1, 0.15) is 39.1 Å². The first kappa shape index (κ1) is 15.5. The predicted molar refractivity (Wildman–Crippen MR) is 89.3 cm³/mol. The number of carbonyl (C=O) groups is 2. The number of hydrogen-bond donors (Lipinski definition) is 2. The van der Waals surface area contributed by atoms with Crippen molar-refractivity contribution in [2.75, 3.05) is 19.6 Å². The van der Waals surface area contributed by atoms with E-state index in [2.05, 4.69) is 17.1 Å². The summed E-state index contributed by atoms with van der Waals surface area (Å²) in [5.74, 6) is -0.963. The molecule has 0 saturated carbocycles. The van der Waals surface area contributed by atoms with Crippen molar-refractivity contribution in [1.29, 1.82) is 0 Å². The molecule has 0 aromatic carbocycles. The quantitative estimate of drug-likeness (QED) is 0.899. The number of amides is 1. The molecule has 2 aromatic rings. The third-order valence-electron chi connectivity index (χ3n) is 3.94. The van der Waals surface area contributed by atoms with Gasteiger partial charge in [-0.15, -0.1) is 22.7 Å². The molecule has 1 atom stereocenters. The van der Waals surface area contributed by atoms with Gasteiger partial charge in [0.15, 0.2) is 0 Å². The highest BCUT2D eigenvalue weighted by Gasteiger charge is 2.22. The number of carboxylic acids is 1. The van der Waals surface area contributed by atoms with Crippen LogP contribution in [0.2, 0.25) is 0 Å². The summed E-state index contributed by atoms with van der Waals surface area (Å²) >= 11 is 2.59. The first-order valence-corrected chi connectivity index (χ1v) is 9.00. The van der Waals surface area contributed by atoms with Gasteiger partial charge in [0.25, 0.3) is 5.91 Å². The molecule has 1 aliphatic heterocycles. The zero-order valence-corrected chi connectivity index (χ0v) is 13.9. The minimum atomic E-state index is -0.915. The topological polar surface area (TPSA) is 69.6 Å². The normalized spacial score (nSPS) is 19.4. The standard InChI is InChI=1S/C15H18N2O3S2/c1-2-17-5-3-4-10(8-17)16-13(18)11-6-9-7-12(14(19)20)22-15(9)21-11/h6-7,10H,2-5,8H2,1H3,(H,16,18)(H,19,20)/t10-/m1/s1. The lowest BCUT2D eigenvalue weighted by molar-refractivity contribution is 0.0702. The molecule has 0 aliphatic carbocycles. The van der Waals surface area contributed by atoms with Gasteiger partial charge in [-0.3, -0.25) is 4.79 Å². The van der Waals surface area contributed by atoms with Crippen molar-refractivity contribution in [3.8, 4) is 0 Å². The number of piperidine rings is 1. The number of likely N-dealkylation sites (N-methyl/N-ethyl adjacent to an activating group) is 1. The van der Waals surface area contributed by atoms with Gasteiger partial charge < -0.3 is 15.3 Å². The second-order valence-corrected chi connectivity index (χ2v) is 7.84. The molecule has 1 saturated heterocycles. The molecule has 1 amide bonds. The molecule has 0 spiro atoms. The molecule has 3 rings (SSSR count). The van der Waals surface area contributed by atoms with Crippen molar-refractivity contribution < 1.29 is 14.7 Å². The van der Waals surface area contributed by atoms with Crippen LogP contribution < -0.4 is 5.32 Å². The maximum absolute atomic E-state index is 12.4. The zero-order valence-electron chi connectivity index (χ0n) is 12.3. The highest BCUT2D eigenvalue weighted by atomic mass is 32.2. The van der Waals surface area contributed by atoms with Crippen LogP contribution in [-0.4, -0.2) is 47.6 Å². The van der Waals surface area contributed by atoms with Crippen molar-refractivity contribution >= 4 is 43.9 Å². The Hall–Kier alpha value is -1.44. The molecule has 1 fully saturated rings. The smallest absolute Gasteiger partial charge is 0.345 e. The van der Waals surface area contributed by atoms with Crippen LogP contribution in [0.3, 0.4) is 0 Å². The number of hydrogen-bond acceptors (Lipinski definition) is 5. The van der Waals surface area contributed by atoms with Crippen LogP contribution in [0.15, 0.2) is 12.1 Å². The molecule has 0 unspecified atom stereocenters. The van der Waals surface area contributed by atoms with Gasteiger partial charge in [0.2, 0.25) is 0 Å². The summed E-state index contributed by atoms with van der Waals surface area (Å²) in [4.78, 5) is 26.6. The lowest BCUT2D eigenvalue weighted by Crippen LogP contribution is -2.47. The van der Waals surface area contributed by atoms with E-state index >= 15 is 0 Å². The molecule has 118 valence electrons. The van der Waals surface area contributed by atoms with Crippen molar-refractivity contribution in [3.05, 3.63) is 21.9 Å². The van der Waals surface area contributed by atoms with E-state index in [1.807, 2.05) is 0 Å². The van der Waals surface area contributed by atoms with E-state index in [4.69, 9.17) is 5.11 Å². The number of aromatic carboxylic acids is 1. The fourth-order valence-corrected chi connectivity index (χ4v) is 4.96. The van der Waals surface area contributed by atoms with Crippen molar-refractivity contribution in [3.63, 3.8) is 0 Å². The van der Waals surface area contributed by atoms with E-state index < -0.39 is 5.97 Å². The largest absolute Gasteiger partial charge is 0.477 e. The molecule has 1 aliphatic rings. The number of carboxylic acid groups (broad SMARTS) is 1. The highest BCUT2D eigenvalue weighted by molar-refractivity contribution is 7.39. The van der Waals surface area contributed by atoms with E-state index in [1.165, 1.54) is 22.7 Å². The summed E-state index contributed by atoms with van der Waals surface area (Å²) in [5, 5.41) is 12.9. The van der Waals surface area contributed by atoms with Gasteiger partial charge in [0, 0.05) is 18.0 Å². The van der Waals surface area contributed by atoms with Crippen LogP contribution >= 0.6 is 22.7 Å². The minimum Gasteiger partial charge on any atom is -0.477 e. The van der Waals surface area contributed by atoms with Gasteiger partial charge in [-0.1, -0.05) is 6.92 Å². The Kier molecular flexibility index (Phi) is 4.46. The Morgan fingerprint density at radius 1 is 1.36 bits per heavy atom. The Morgan fingerprint density at radius 2 is 2.09 bits per heavy atom.